The topological polar surface area (TPSA) is 41.3 Å². The molecule has 0 bridgehead atoms. The van der Waals surface area contributed by atoms with Gasteiger partial charge in [0, 0.05) is 17.1 Å². The molecule has 0 radical (unpaired) electrons. The summed E-state index contributed by atoms with van der Waals surface area (Å²) in [7, 11) is 2.17. The number of hydrogen-bond acceptors (Lipinski definition) is 3. The zero-order chi connectivity index (χ0) is 11.5. The molecule has 1 fully saturated rings. The lowest BCUT2D eigenvalue weighted by molar-refractivity contribution is 0.261. The molecule has 1 aromatic carbocycles. The number of nitrogen functional groups attached to an aromatic ring is 1. The molecule has 0 saturated carbocycles. The summed E-state index contributed by atoms with van der Waals surface area (Å²) in [5, 5.41) is 3.52. The standard InChI is InChI=1S/C12H18BrN3/c1-16-6-2-3-10(8-16)15-12-5-4-9(13)7-11(12)14/h4-5,7,10,15H,2-3,6,8,14H2,1H3. The maximum Gasteiger partial charge on any atom is 0.0577 e. The van der Waals surface area contributed by atoms with Crippen LogP contribution in [-0.2, 0) is 0 Å². The minimum absolute atomic E-state index is 0.516. The van der Waals surface area contributed by atoms with Gasteiger partial charge >= 0.3 is 0 Å². The number of rotatable bonds is 2. The zero-order valence-electron chi connectivity index (χ0n) is 9.54. The van der Waals surface area contributed by atoms with E-state index >= 15 is 0 Å². The molecule has 0 aliphatic carbocycles. The Labute approximate surface area is 105 Å². The molecule has 1 saturated heterocycles. The summed E-state index contributed by atoms with van der Waals surface area (Å²) in [6.07, 6.45) is 2.48. The van der Waals surface area contributed by atoms with Crippen LogP contribution in [0.1, 0.15) is 12.8 Å². The summed E-state index contributed by atoms with van der Waals surface area (Å²) in [5.41, 5.74) is 7.82. The van der Waals surface area contributed by atoms with Crippen LogP contribution in [0.2, 0.25) is 0 Å². The monoisotopic (exact) mass is 283 g/mol. The van der Waals surface area contributed by atoms with Gasteiger partial charge in [0.05, 0.1) is 11.4 Å². The Bertz CT molecular complexity index is 367. The van der Waals surface area contributed by atoms with Gasteiger partial charge in [-0.05, 0) is 44.6 Å². The number of benzene rings is 1. The van der Waals surface area contributed by atoms with E-state index in [0.29, 0.717) is 6.04 Å². The number of hydrogen-bond donors (Lipinski definition) is 2. The van der Waals surface area contributed by atoms with Gasteiger partial charge in [0.2, 0.25) is 0 Å². The number of piperidine rings is 1. The van der Waals surface area contributed by atoms with E-state index in [0.717, 1.165) is 22.4 Å². The highest BCUT2D eigenvalue weighted by Gasteiger charge is 2.17. The quantitative estimate of drug-likeness (QED) is 0.820. The highest BCUT2D eigenvalue weighted by atomic mass is 79.9. The summed E-state index contributed by atoms with van der Waals surface area (Å²) in [4.78, 5) is 2.36. The second kappa shape index (κ2) is 5.06. The van der Waals surface area contributed by atoms with Gasteiger partial charge in [0.1, 0.15) is 0 Å². The highest BCUT2D eigenvalue weighted by Crippen LogP contribution is 2.25. The van der Waals surface area contributed by atoms with Crippen molar-refractivity contribution in [3.63, 3.8) is 0 Å². The largest absolute Gasteiger partial charge is 0.397 e. The Balaban J connectivity index is 2.02. The molecule has 0 spiro atoms. The molecule has 2 rings (SSSR count). The summed E-state index contributed by atoms with van der Waals surface area (Å²) >= 11 is 3.42. The van der Waals surface area contributed by atoms with Crippen molar-refractivity contribution < 1.29 is 0 Å². The van der Waals surface area contributed by atoms with E-state index < -0.39 is 0 Å². The molecule has 0 aromatic heterocycles. The highest BCUT2D eigenvalue weighted by molar-refractivity contribution is 9.10. The molecule has 1 aliphatic heterocycles. The van der Waals surface area contributed by atoms with Crippen molar-refractivity contribution in [3.05, 3.63) is 22.7 Å². The first-order chi connectivity index (χ1) is 7.65. The van der Waals surface area contributed by atoms with E-state index in [-0.39, 0.29) is 0 Å². The lowest BCUT2D eigenvalue weighted by Crippen LogP contribution is -2.39. The zero-order valence-corrected chi connectivity index (χ0v) is 11.1. The third kappa shape index (κ3) is 2.89. The smallest absolute Gasteiger partial charge is 0.0577 e. The first-order valence-electron chi connectivity index (χ1n) is 5.65. The Hall–Kier alpha value is -0.740. The van der Waals surface area contributed by atoms with Crippen LogP contribution in [-0.4, -0.2) is 31.1 Å². The van der Waals surface area contributed by atoms with Gasteiger partial charge in [-0.2, -0.15) is 0 Å². The molecule has 88 valence electrons. The van der Waals surface area contributed by atoms with Crippen LogP contribution in [0.25, 0.3) is 0 Å². The Kier molecular flexibility index (Phi) is 3.71. The number of anilines is 2. The van der Waals surface area contributed by atoms with Crippen LogP contribution in [0, 0.1) is 0 Å². The predicted octanol–water partition coefficient (Wildman–Crippen LogP) is 2.54. The van der Waals surface area contributed by atoms with Gasteiger partial charge < -0.3 is 16.0 Å². The third-order valence-electron chi connectivity index (χ3n) is 3.00. The molecule has 16 heavy (non-hydrogen) atoms. The van der Waals surface area contributed by atoms with Crippen molar-refractivity contribution >= 4 is 27.3 Å². The van der Waals surface area contributed by atoms with Crippen molar-refractivity contribution in [3.8, 4) is 0 Å². The van der Waals surface area contributed by atoms with E-state index in [9.17, 15) is 0 Å². The average molecular weight is 284 g/mol. The van der Waals surface area contributed by atoms with Crippen LogP contribution in [0.15, 0.2) is 22.7 Å². The minimum atomic E-state index is 0.516. The minimum Gasteiger partial charge on any atom is -0.397 e. The molecule has 1 unspecified atom stereocenters. The van der Waals surface area contributed by atoms with Gasteiger partial charge in [-0.3, -0.25) is 0 Å². The van der Waals surface area contributed by atoms with Crippen LogP contribution >= 0.6 is 15.9 Å². The molecular formula is C12H18BrN3. The lowest BCUT2D eigenvalue weighted by atomic mass is 10.1. The first-order valence-corrected chi connectivity index (χ1v) is 6.44. The lowest BCUT2D eigenvalue weighted by Gasteiger charge is -2.31. The molecule has 0 amide bonds. The van der Waals surface area contributed by atoms with Crippen molar-refractivity contribution in [2.75, 3.05) is 31.2 Å². The van der Waals surface area contributed by atoms with Crippen LogP contribution in [0.4, 0.5) is 11.4 Å². The van der Waals surface area contributed by atoms with E-state index in [1.807, 2.05) is 18.2 Å². The molecule has 4 heteroatoms. The number of likely N-dealkylation sites (N-methyl/N-ethyl adjacent to an activating group) is 1. The summed E-state index contributed by atoms with van der Waals surface area (Å²) in [6.45, 7) is 2.30. The molecule has 1 heterocycles. The van der Waals surface area contributed by atoms with E-state index in [1.54, 1.807) is 0 Å². The Morgan fingerprint density at radius 1 is 1.50 bits per heavy atom. The normalized spacial score (nSPS) is 22.0. The van der Waals surface area contributed by atoms with Crippen molar-refractivity contribution in [2.45, 2.75) is 18.9 Å². The van der Waals surface area contributed by atoms with E-state index in [1.165, 1.54) is 19.4 Å². The Morgan fingerprint density at radius 2 is 2.31 bits per heavy atom. The third-order valence-corrected chi connectivity index (χ3v) is 3.49. The maximum atomic E-state index is 5.97. The van der Waals surface area contributed by atoms with Gasteiger partial charge in [0.15, 0.2) is 0 Å². The molecule has 3 N–H and O–H groups in total. The number of halogens is 1. The second-order valence-corrected chi connectivity index (χ2v) is 5.39. The fourth-order valence-electron chi connectivity index (χ4n) is 2.17. The van der Waals surface area contributed by atoms with E-state index in [2.05, 4.69) is 33.2 Å². The molecular weight excluding hydrogens is 266 g/mol. The summed E-state index contributed by atoms with van der Waals surface area (Å²) in [5.74, 6) is 0. The van der Waals surface area contributed by atoms with Crippen molar-refractivity contribution in [1.82, 2.24) is 4.90 Å². The first kappa shape index (κ1) is 11.7. The predicted molar refractivity (Wildman–Crippen MR) is 72.7 cm³/mol. The number of nitrogens with zero attached hydrogens (tertiary/aromatic N) is 1. The number of nitrogens with two attached hydrogens (primary N) is 1. The molecule has 1 atom stereocenters. The van der Waals surface area contributed by atoms with Crippen molar-refractivity contribution in [1.29, 1.82) is 0 Å². The Morgan fingerprint density at radius 3 is 3.00 bits per heavy atom. The van der Waals surface area contributed by atoms with Crippen LogP contribution in [0.5, 0.6) is 0 Å². The summed E-state index contributed by atoms with van der Waals surface area (Å²) < 4.78 is 1.02. The van der Waals surface area contributed by atoms with E-state index in [4.69, 9.17) is 5.73 Å². The molecule has 1 aliphatic rings. The second-order valence-electron chi connectivity index (χ2n) is 4.48. The van der Waals surface area contributed by atoms with Gasteiger partial charge in [-0.1, -0.05) is 15.9 Å². The van der Waals surface area contributed by atoms with Crippen LogP contribution in [0.3, 0.4) is 0 Å². The van der Waals surface area contributed by atoms with Crippen molar-refractivity contribution in [2.24, 2.45) is 0 Å². The summed E-state index contributed by atoms with van der Waals surface area (Å²) in [6, 6.07) is 6.51. The van der Waals surface area contributed by atoms with Gasteiger partial charge in [0.25, 0.3) is 0 Å². The average Bonchev–Trinajstić information content (AvgIpc) is 2.22. The number of nitrogens with one attached hydrogen (secondary N) is 1. The molecule has 1 aromatic rings. The van der Waals surface area contributed by atoms with Gasteiger partial charge in [-0.15, -0.1) is 0 Å². The number of likely N-dealkylation sites (tertiary alicyclic amines) is 1. The SMILES string of the molecule is CN1CCCC(Nc2ccc(Br)cc2N)C1. The fraction of sp³-hybridized carbons (Fsp3) is 0.500. The van der Waals surface area contributed by atoms with Crippen LogP contribution < -0.4 is 11.1 Å². The van der Waals surface area contributed by atoms with Gasteiger partial charge in [-0.25, -0.2) is 0 Å². The fourth-order valence-corrected chi connectivity index (χ4v) is 2.55. The maximum absolute atomic E-state index is 5.97. The molecule has 3 nitrogen and oxygen atoms in total.